The van der Waals surface area contributed by atoms with E-state index in [0.29, 0.717) is 5.39 Å². The second-order valence-corrected chi connectivity index (χ2v) is 6.87. The van der Waals surface area contributed by atoms with E-state index in [1.54, 1.807) is 25.1 Å². The van der Waals surface area contributed by atoms with Crippen molar-refractivity contribution in [3.63, 3.8) is 0 Å². The number of hydrogen-bond donors (Lipinski definition) is 1. The number of hydrogen-bond acceptors (Lipinski definition) is 5. The third-order valence-corrected chi connectivity index (χ3v) is 4.82. The molecule has 1 unspecified atom stereocenters. The van der Waals surface area contributed by atoms with Gasteiger partial charge in [-0.2, -0.15) is 0 Å². The molecule has 1 amide bonds. The summed E-state index contributed by atoms with van der Waals surface area (Å²) < 4.78 is 31.5. The summed E-state index contributed by atoms with van der Waals surface area (Å²) in [6.07, 6.45) is 4.90. The van der Waals surface area contributed by atoms with Gasteiger partial charge in [-0.25, -0.2) is 13.1 Å². The maximum Gasteiger partial charge on any atom is 0.319 e. The summed E-state index contributed by atoms with van der Waals surface area (Å²) in [5, 5.41) is 1.58. The molecule has 130 valence electrons. The monoisotopic (exact) mass is 359 g/mol. The molecule has 0 fully saturated rings. The highest BCUT2D eigenvalue weighted by atomic mass is 32.2. The van der Waals surface area contributed by atoms with Gasteiger partial charge in [0.05, 0.1) is 11.5 Å². The van der Waals surface area contributed by atoms with E-state index in [1.807, 2.05) is 16.9 Å². The molecule has 2 aromatic carbocycles. The van der Waals surface area contributed by atoms with Crippen molar-refractivity contribution in [3.05, 3.63) is 42.5 Å². The van der Waals surface area contributed by atoms with Crippen molar-refractivity contribution in [2.24, 2.45) is 5.92 Å². The molecule has 0 spiro atoms. The van der Waals surface area contributed by atoms with E-state index in [2.05, 4.69) is 5.92 Å². The van der Waals surface area contributed by atoms with Gasteiger partial charge >= 0.3 is 5.97 Å². The molecule has 0 radical (unpaired) electrons. The highest BCUT2D eigenvalue weighted by molar-refractivity contribution is 7.90. The van der Waals surface area contributed by atoms with E-state index in [-0.39, 0.29) is 17.9 Å². The van der Waals surface area contributed by atoms with Gasteiger partial charge in [0.25, 0.3) is 10.0 Å². The number of amides is 1. The van der Waals surface area contributed by atoms with Crippen LogP contribution in [0.2, 0.25) is 0 Å². The van der Waals surface area contributed by atoms with Crippen LogP contribution in [-0.4, -0.2) is 26.9 Å². The Morgan fingerprint density at radius 3 is 2.52 bits per heavy atom. The van der Waals surface area contributed by atoms with Crippen LogP contribution in [0.15, 0.2) is 47.4 Å². The quantitative estimate of drug-likeness (QED) is 0.483. The summed E-state index contributed by atoms with van der Waals surface area (Å²) in [6, 6.07) is 11.7. The van der Waals surface area contributed by atoms with Crippen molar-refractivity contribution in [2.75, 3.05) is 6.61 Å². The van der Waals surface area contributed by atoms with Gasteiger partial charge < -0.3 is 4.74 Å². The third kappa shape index (κ3) is 4.37. The summed E-state index contributed by atoms with van der Waals surface area (Å²) in [5.74, 6) is -1.06. The standard InChI is InChI=1S/C18H17NO5S/c1-3-7-16(18(21)24-4-2)17(20)19-25(22,23)15-11-10-13-8-5-6-9-14(13)12-15/h1,5-6,8-12,16H,4,7H2,2H3,(H,19,20). The minimum atomic E-state index is -4.14. The maximum absolute atomic E-state index is 12.4. The Bertz CT molecular complexity index is 943. The fourth-order valence-corrected chi connectivity index (χ4v) is 3.30. The van der Waals surface area contributed by atoms with Crippen LogP contribution in [0.5, 0.6) is 0 Å². The summed E-state index contributed by atoms with van der Waals surface area (Å²) in [6.45, 7) is 1.64. The molecule has 0 saturated heterocycles. The normalized spacial score (nSPS) is 12.2. The first kappa shape index (κ1) is 18.5. The summed E-state index contributed by atoms with van der Waals surface area (Å²) >= 11 is 0. The molecule has 7 heteroatoms. The number of ether oxygens (including phenoxy) is 1. The predicted molar refractivity (Wildman–Crippen MR) is 92.8 cm³/mol. The smallest absolute Gasteiger partial charge is 0.319 e. The van der Waals surface area contributed by atoms with E-state index >= 15 is 0 Å². The average molecular weight is 359 g/mol. The van der Waals surface area contributed by atoms with Gasteiger partial charge in [-0.05, 0) is 29.8 Å². The Hall–Kier alpha value is -2.85. The molecule has 25 heavy (non-hydrogen) atoms. The molecule has 0 heterocycles. The number of fused-ring (bicyclic) bond motifs is 1. The first-order valence-corrected chi connectivity index (χ1v) is 9.03. The molecule has 1 N–H and O–H groups in total. The van der Waals surface area contributed by atoms with Crippen LogP contribution < -0.4 is 4.72 Å². The Morgan fingerprint density at radius 2 is 1.88 bits per heavy atom. The fourth-order valence-electron chi connectivity index (χ4n) is 2.24. The second kappa shape index (κ2) is 7.81. The van der Waals surface area contributed by atoms with Gasteiger partial charge in [-0.1, -0.05) is 30.3 Å². The van der Waals surface area contributed by atoms with Crippen molar-refractivity contribution >= 4 is 32.7 Å². The zero-order chi connectivity index (χ0) is 18.4. The minimum Gasteiger partial charge on any atom is -0.465 e. The Balaban J connectivity index is 2.27. The first-order valence-electron chi connectivity index (χ1n) is 7.54. The van der Waals surface area contributed by atoms with Crippen molar-refractivity contribution < 1.29 is 22.7 Å². The molecule has 1 atom stereocenters. The van der Waals surface area contributed by atoms with E-state index in [0.717, 1.165) is 5.39 Å². The molecular formula is C18H17NO5S. The van der Waals surface area contributed by atoms with Crippen molar-refractivity contribution in [1.82, 2.24) is 4.72 Å². The molecule has 2 aromatic rings. The SMILES string of the molecule is C#CCC(C(=O)NS(=O)(=O)c1ccc2ccccc2c1)C(=O)OCC. The minimum absolute atomic E-state index is 0.0601. The first-order chi connectivity index (χ1) is 11.9. The molecule has 0 aliphatic carbocycles. The van der Waals surface area contributed by atoms with Crippen LogP contribution >= 0.6 is 0 Å². The lowest BCUT2D eigenvalue weighted by molar-refractivity contribution is -0.151. The van der Waals surface area contributed by atoms with Crippen LogP contribution in [-0.2, 0) is 24.3 Å². The molecule has 0 saturated carbocycles. The number of rotatable bonds is 6. The number of sulfonamides is 1. The van der Waals surface area contributed by atoms with Crippen molar-refractivity contribution in [2.45, 2.75) is 18.2 Å². The van der Waals surface area contributed by atoms with Gasteiger partial charge in [0, 0.05) is 6.42 Å². The van der Waals surface area contributed by atoms with E-state index in [1.165, 1.54) is 12.1 Å². The lowest BCUT2D eigenvalue weighted by atomic mass is 10.1. The Morgan fingerprint density at radius 1 is 1.20 bits per heavy atom. The third-order valence-electron chi connectivity index (χ3n) is 3.48. The number of terminal acetylenes is 1. The largest absolute Gasteiger partial charge is 0.465 e. The van der Waals surface area contributed by atoms with Crippen LogP contribution in [0.25, 0.3) is 10.8 Å². The topological polar surface area (TPSA) is 89.5 Å². The molecule has 0 aliphatic rings. The lowest BCUT2D eigenvalue weighted by Crippen LogP contribution is -2.39. The second-order valence-electron chi connectivity index (χ2n) is 5.19. The average Bonchev–Trinajstić information content (AvgIpc) is 2.58. The highest BCUT2D eigenvalue weighted by Crippen LogP contribution is 2.19. The van der Waals surface area contributed by atoms with Gasteiger partial charge in [0.1, 0.15) is 5.92 Å². The zero-order valence-corrected chi connectivity index (χ0v) is 14.4. The van der Waals surface area contributed by atoms with Gasteiger partial charge in [-0.3, -0.25) is 9.59 Å². The molecule has 0 aliphatic heterocycles. The predicted octanol–water partition coefficient (Wildman–Crippen LogP) is 1.85. The van der Waals surface area contributed by atoms with Crippen molar-refractivity contribution in [1.29, 1.82) is 0 Å². The fraction of sp³-hybridized carbons (Fsp3) is 0.222. The molecule has 0 bridgehead atoms. The van der Waals surface area contributed by atoms with E-state index < -0.39 is 27.8 Å². The number of carbonyl (C=O) groups is 2. The molecular weight excluding hydrogens is 342 g/mol. The molecule has 6 nitrogen and oxygen atoms in total. The number of nitrogens with one attached hydrogen (secondary N) is 1. The van der Waals surface area contributed by atoms with Crippen LogP contribution in [0.1, 0.15) is 13.3 Å². The van der Waals surface area contributed by atoms with Crippen LogP contribution in [0.3, 0.4) is 0 Å². The van der Waals surface area contributed by atoms with E-state index in [9.17, 15) is 18.0 Å². The Labute approximate surface area is 146 Å². The van der Waals surface area contributed by atoms with E-state index in [4.69, 9.17) is 11.2 Å². The summed E-state index contributed by atoms with van der Waals surface area (Å²) in [7, 11) is -4.14. The summed E-state index contributed by atoms with van der Waals surface area (Å²) in [5.41, 5.74) is 0. The maximum atomic E-state index is 12.4. The Kier molecular flexibility index (Phi) is 5.78. The number of carbonyl (C=O) groups excluding carboxylic acids is 2. The molecule has 0 aromatic heterocycles. The number of benzene rings is 2. The zero-order valence-electron chi connectivity index (χ0n) is 13.6. The summed E-state index contributed by atoms with van der Waals surface area (Å²) in [4.78, 5) is 23.9. The molecule has 2 rings (SSSR count). The van der Waals surface area contributed by atoms with Gasteiger partial charge in [0.2, 0.25) is 5.91 Å². The van der Waals surface area contributed by atoms with Gasteiger partial charge in [0.15, 0.2) is 0 Å². The van der Waals surface area contributed by atoms with Crippen molar-refractivity contribution in [3.8, 4) is 12.3 Å². The van der Waals surface area contributed by atoms with Crippen LogP contribution in [0, 0.1) is 18.3 Å². The lowest BCUT2D eigenvalue weighted by Gasteiger charge is -2.14. The highest BCUT2D eigenvalue weighted by Gasteiger charge is 2.30. The van der Waals surface area contributed by atoms with Gasteiger partial charge in [-0.15, -0.1) is 12.3 Å². The van der Waals surface area contributed by atoms with Crippen LogP contribution in [0.4, 0.5) is 0 Å². The number of esters is 1.